The molecule has 2 fully saturated rings. The van der Waals surface area contributed by atoms with Crippen LogP contribution >= 0.6 is 0 Å². The molecule has 2 atom stereocenters. The highest BCUT2D eigenvalue weighted by Crippen LogP contribution is 2.42. The third-order valence-corrected chi connectivity index (χ3v) is 7.99. The zero-order chi connectivity index (χ0) is 30.3. The summed E-state index contributed by atoms with van der Waals surface area (Å²) in [5.74, 6) is -3.64. The average Bonchev–Trinajstić information content (AvgIpc) is 3.11. The van der Waals surface area contributed by atoms with Gasteiger partial charge in [0.05, 0.1) is 17.2 Å². The number of imide groups is 1. The van der Waals surface area contributed by atoms with E-state index in [0.717, 1.165) is 10.5 Å². The van der Waals surface area contributed by atoms with Gasteiger partial charge in [-0.3, -0.25) is 19.3 Å². The Morgan fingerprint density at radius 3 is 2.15 bits per heavy atom. The Kier molecular flexibility index (Phi) is 8.15. The Hall–Kier alpha value is -3.96. The van der Waals surface area contributed by atoms with Crippen molar-refractivity contribution in [1.82, 2.24) is 20.0 Å². The summed E-state index contributed by atoms with van der Waals surface area (Å²) in [4.78, 5) is 57.1. The molecule has 5 amide bonds. The number of hydrogen-bond acceptors (Lipinski definition) is 4. The van der Waals surface area contributed by atoms with Crippen molar-refractivity contribution in [2.45, 2.75) is 57.4 Å². The van der Waals surface area contributed by atoms with Crippen LogP contribution in [-0.2, 0) is 15.8 Å². The van der Waals surface area contributed by atoms with Gasteiger partial charge in [0.25, 0.3) is 11.8 Å². The van der Waals surface area contributed by atoms with Gasteiger partial charge in [0.1, 0.15) is 17.4 Å². The number of rotatable bonds is 6. The predicted octanol–water partition coefficient (Wildman–Crippen LogP) is 4.62. The molecule has 4 rings (SSSR count). The van der Waals surface area contributed by atoms with E-state index in [1.54, 1.807) is 18.7 Å². The Balaban J connectivity index is 1.52. The molecule has 0 radical (unpaired) electrons. The maximum absolute atomic E-state index is 14.3. The van der Waals surface area contributed by atoms with Crippen LogP contribution in [-0.4, -0.2) is 70.2 Å². The lowest BCUT2D eigenvalue weighted by atomic mass is 9.84. The van der Waals surface area contributed by atoms with E-state index in [0.29, 0.717) is 18.2 Å². The van der Waals surface area contributed by atoms with Gasteiger partial charge in [0.15, 0.2) is 0 Å². The average molecular weight is 577 g/mol. The van der Waals surface area contributed by atoms with E-state index in [4.69, 9.17) is 0 Å². The maximum Gasteiger partial charge on any atom is 0.416 e. The number of alkyl halides is 3. The molecule has 0 aliphatic carbocycles. The topological polar surface area (TPSA) is 90.0 Å². The molecule has 0 bridgehead atoms. The van der Waals surface area contributed by atoms with Crippen molar-refractivity contribution >= 4 is 23.8 Å². The Morgan fingerprint density at radius 1 is 0.976 bits per heavy atom. The van der Waals surface area contributed by atoms with E-state index in [9.17, 15) is 36.7 Å². The van der Waals surface area contributed by atoms with Gasteiger partial charge in [-0.2, -0.15) is 13.2 Å². The molecule has 2 heterocycles. The van der Waals surface area contributed by atoms with Crippen LogP contribution in [0.15, 0.2) is 48.5 Å². The van der Waals surface area contributed by atoms with Crippen LogP contribution < -0.4 is 5.32 Å². The van der Waals surface area contributed by atoms with Crippen LogP contribution in [0.2, 0.25) is 0 Å². The molecule has 2 aliphatic heterocycles. The van der Waals surface area contributed by atoms with Crippen LogP contribution in [0.1, 0.15) is 61.1 Å². The zero-order valence-corrected chi connectivity index (χ0v) is 23.2. The molecule has 0 unspecified atom stereocenters. The quantitative estimate of drug-likeness (QED) is 0.402. The van der Waals surface area contributed by atoms with Gasteiger partial charge < -0.3 is 15.1 Å². The van der Waals surface area contributed by atoms with Gasteiger partial charge in [-0.25, -0.2) is 9.18 Å². The molecule has 12 heteroatoms. The Bertz CT molecular complexity index is 1340. The first-order valence-corrected chi connectivity index (χ1v) is 13.3. The van der Waals surface area contributed by atoms with Gasteiger partial charge in [-0.1, -0.05) is 44.2 Å². The molecule has 1 N–H and O–H groups in total. The van der Waals surface area contributed by atoms with Crippen molar-refractivity contribution in [2.75, 3.05) is 20.1 Å². The second-order valence-electron chi connectivity index (χ2n) is 10.8. The van der Waals surface area contributed by atoms with Gasteiger partial charge in [0.2, 0.25) is 5.91 Å². The molecule has 2 aromatic rings. The molecule has 41 heavy (non-hydrogen) atoms. The third-order valence-electron chi connectivity index (χ3n) is 7.99. The highest BCUT2D eigenvalue weighted by molar-refractivity contribution is 6.07. The van der Waals surface area contributed by atoms with E-state index in [1.807, 2.05) is 37.3 Å². The number of hydrogen-bond donors (Lipinski definition) is 1. The lowest BCUT2D eigenvalue weighted by Gasteiger charge is -2.45. The Labute approximate surface area is 235 Å². The van der Waals surface area contributed by atoms with Crippen molar-refractivity contribution < 1.29 is 36.7 Å². The summed E-state index contributed by atoms with van der Waals surface area (Å²) in [6, 6.07) is 8.80. The zero-order valence-electron chi connectivity index (χ0n) is 23.2. The summed E-state index contributed by atoms with van der Waals surface area (Å²) in [5, 5.41) is 2.40. The molecule has 8 nitrogen and oxygen atoms in total. The number of urea groups is 1. The SMILES string of the molecule is CC(C)[C@@H](NC(=O)c1cc(C(F)(F)F)ccc1F)C(=O)N1CCC2(CC1)C(=O)N(C)C(=O)N2[C@@H](C)c1ccccc1. The molecular formula is C29H32F4N4O4. The van der Waals surface area contributed by atoms with Crippen LogP contribution in [0.25, 0.3) is 0 Å². The second-order valence-corrected chi connectivity index (χ2v) is 10.8. The number of carbonyl (C=O) groups excluding carboxylic acids is 4. The van der Waals surface area contributed by atoms with Gasteiger partial charge in [-0.05, 0) is 49.4 Å². The molecule has 2 saturated heterocycles. The minimum Gasteiger partial charge on any atom is -0.341 e. The van der Waals surface area contributed by atoms with Crippen molar-refractivity contribution in [3.63, 3.8) is 0 Å². The summed E-state index contributed by atoms with van der Waals surface area (Å²) >= 11 is 0. The lowest BCUT2D eigenvalue weighted by molar-refractivity contribution is -0.142. The number of carbonyl (C=O) groups is 4. The van der Waals surface area contributed by atoms with E-state index in [2.05, 4.69) is 5.32 Å². The number of likely N-dealkylation sites (N-methyl/N-ethyl adjacent to an activating group) is 1. The number of nitrogens with one attached hydrogen (secondary N) is 1. The van der Waals surface area contributed by atoms with Crippen molar-refractivity contribution in [1.29, 1.82) is 0 Å². The van der Waals surface area contributed by atoms with Crippen LogP contribution in [0, 0.1) is 11.7 Å². The summed E-state index contributed by atoms with van der Waals surface area (Å²) in [7, 11) is 1.43. The summed E-state index contributed by atoms with van der Waals surface area (Å²) in [5.41, 5.74) is -2.31. The number of amides is 5. The monoisotopic (exact) mass is 576 g/mol. The summed E-state index contributed by atoms with van der Waals surface area (Å²) in [6.45, 7) is 5.33. The van der Waals surface area contributed by atoms with E-state index in [1.165, 1.54) is 11.9 Å². The number of halogens is 4. The second kappa shape index (κ2) is 11.1. The van der Waals surface area contributed by atoms with Gasteiger partial charge >= 0.3 is 12.2 Å². The molecule has 0 aromatic heterocycles. The minimum absolute atomic E-state index is 0.0979. The molecule has 220 valence electrons. The molecular weight excluding hydrogens is 544 g/mol. The van der Waals surface area contributed by atoms with Gasteiger partial charge in [-0.15, -0.1) is 0 Å². The summed E-state index contributed by atoms with van der Waals surface area (Å²) in [6.07, 6.45) is -4.46. The highest BCUT2D eigenvalue weighted by atomic mass is 19.4. The first kappa shape index (κ1) is 30.0. The smallest absolute Gasteiger partial charge is 0.341 e. The van der Waals surface area contributed by atoms with E-state index >= 15 is 0 Å². The number of benzene rings is 2. The largest absolute Gasteiger partial charge is 0.416 e. The third kappa shape index (κ3) is 5.51. The van der Waals surface area contributed by atoms with Crippen LogP contribution in [0.4, 0.5) is 22.4 Å². The van der Waals surface area contributed by atoms with Crippen LogP contribution in [0.3, 0.4) is 0 Å². The van der Waals surface area contributed by atoms with E-state index < -0.39 is 64.5 Å². The predicted molar refractivity (Wildman–Crippen MR) is 141 cm³/mol. The number of piperidine rings is 1. The molecule has 2 aliphatic rings. The highest BCUT2D eigenvalue weighted by Gasteiger charge is 2.58. The van der Waals surface area contributed by atoms with Crippen molar-refractivity contribution in [3.8, 4) is 0 Å². The first-order chi connectivity index (χ1) is 19.2. The van der Waals surface area contributed by atoms with Crippen LogP contribution in [0.5, 0.6) is 0 Å². The fraction of sp³-hybridized carbons (Fsp3) is 0.448. The number of likely N-dealkylation sites (tertiary alicyclic amines) is 1. The normalized spacial score (nSPS) is 18.7. The first-order valence-electron chi connectivity index (χ1n) is 13.3. The maximum atomic E-state index is 14.3. The lowest BCUT2D eigenvalue weighted by Crippen LogP contribution is -2.60. The van der Waals surface area contributed by atoms with Crippen molar-refractivity contribution in [2.24, 2.45) is 5.92 Å². The molecule has 0 saturated carbocycles. The van der Waals surface area contributed by atoms with Crippen molar-refractivity contribution in [3.05, 3.63) is 71.0 Å². The fourth-order valence-corrected chi connectivity index (χ4v) is 5.62. The minimum atomic E-state index is -4.78. The van der Waals surface area contributed by atoms with Gasteiger partial charge in [0, 0.05) is 20.1 Å². The Morgan fingerprint density at radius 2 is 1.59 bits per heavy atom. The molecule has 2 aromatic carbocycles. The fourth-order valence-electron chi connectivity index (χ4n) is 5.62. The standard InChI is InChI=1S/C29H32F4N4O4/c1-17(2)23(34-24(38)21-16-20(29(31,32)33)10-11-22(21)30)25(39)36-14-12-28(13-15-36)26(40)35(4)27(41)37(28)18(3)19-8-6-5-7-9-19/h5-11,16-18,23H,12-15H2,1-4H3,(H,34,38)/t18-,23+/m0/s1. The summed E-state index contributed by atoms with van der Waals surface area (Å²) < 4.78 is 53.7. The number of nitrogens with zero attached hydrogens (tertiary/aromatic N) is 3. The van der Waals surface area contributed by atoms with E-state index in [-0.39, 0.29) is 31.8 Å². The molecule has 1 spiro atoms.